The Labute approximate surface area is 136 Å². The number of carboxylic acids is 1. The van der Waals surface area contributed by atoms with Crippen LogP contribution in [0.2, 0.25) is 0 Å². The van der Waals surface area contributed by atoms with Crippen molar-refractivity contribution in [2.45, 2.75) is 12.8 Å². The van der Waals surface area contributed by atoms with E-state index in [2.05, 4.69) is 10.3 Å². The molecule has 0 saturated heterocycles. The lowest BCUT2D eigenvalue weighted by Crippen LogP contribution is -2.14. The van der Waals surface area contributed by atoms with Crippen molar-refractivity contribution in [3.05, 3.63) is 46.4 Å². The van der Waals surface area contributed by atoms with Crippen LogP contribution in [0.1, 0.15) is 10.7 Å². The second-order valence-electron chi connectivity index (χ2n) is 4.52. The van der Waals surface area contributed by atoms with Gasteiger partial charge >= 0.3 is 5.97 Å². The first-order valence-electron chi connectivity index (χ1n) is 6.71. The predicted molar refractivity (Wildman–Crippen MR) is 89.6 cm³/mol. The van der Waals surface area contributed by atoms with Gasteiger partial charge in [0.05, 0.1) is 22.9 Å². The number of amides is 1. The number of nitrogens with one attached hydrogen (secondary N) is 1. The number of benzene rings is 1. The van der Waals surface area contributed by atoms with Gasteiger partial charge in [-0.25, -0.2) is 4.98 Å². The SMILES string of the molecule is O=C(O)Cc1csc(CCSCC(=O)Nc2ccccc2)n1. The Kier molecular flexibility index (Phi) is 6.42. The summed E-state index contributed by atoms with van der Waals surface area (Å²) in [4.78, 5) is 26.6. The fourth-order valence-corrected chi connectivity index (χ4v) is 3.41. The maximum absolute atomic E-state index is 11.7. The van der Waals surface area contributed by atoms with Crippen LogP contribution in [0.25, 0.3) is 0 Å². The van der Waals surface area contributed by atoms with Crippen LogP contribution >= 0.6 is 23.1 Å². The fraction of sp³-hybridized carbons (Fsp3) is 0.267. The second kappa shape index (κ2) is 8.55. The summed E-state index contributed by atoms with van der Waals surface area (Å²) < 4.78 is 0. The Morgan fingerprint density at radius 1 is 1.27 bits per heavy atom. The van der Waals surface area contributed by atoms with E-state index in [1.165, 1.54) is 23.1 Å². The summed E-state index contributed by atoms with van der Waals surface area (Å²) in [5.41, 5.74) is 1.39. The minimum absolute atomic E-state index is 0.0260. The van der Waals surface area contributed by atoms with E-state index >= 15 is 0 Å². The Morgan fingerprint density at radius 3 is 2.77 bits per heavy atom. The maximum atomic E-state index is 11.7. The van der Waals surface area contributed by atoms with E-state index in [4.69, 9.17) is 5.11 Å². The van der Waals surface area contributed by atoms with Gasteiger partial charge in [-0.15, -0.1) is 11.3 Å². The number of carbonyl (C=O) groups is 2. The van der Waals surface area contributed by atoms with Crippen LogP contribution in [0, 0.1) is 0 Å². The maximum Gasteiger partial charge on any atom is 0.309 e. The smallest absolute Gasteiger partial charge is 0.309 e. The molecule has 0 aliphatic heterocycles. The molecule has 1 aromatic heterocycles. The van der Waals surface area contributed by atoms with E-state index in [1.54, 1.807) is 5.38 Å². The molecule has 0 aliphatic carbocycles. The van der Waals surface area contributed by atoms with E-state index in [1.807, 2.05) is 30.3 Å². The highest BCUT2D eigenvalue weighted by molar-refractivity contribution is 7.99. The Morgan fingerprint density at radius 2 is 2.05 bits per heavy atom. The van der Waals surface area contributed by atoms with Crippen molar-refractivity contribution in [2.75, 3.05) is 16.8 Å². The minimum Gasteiger partial charge on any atom is -0.481 e. The van der Waals surface area contributed by atoms with E-state index in [-0.39, 0.29) is 12.3 Å². The number of anilines is 1. The van der Waals surface area contributed by atoms with Crippen molar-refractivity contribution >= 4 is 40.7 Å². The normalized spacial score (nSPS) is 10.4. The molecule has 1 amide bonds. The number of hydrogen-bond acceptors (Lipinski definition) is 5. The molecule has 2 N–H and O–H groups in total. The number of para-hydroxylation sites is 1. The van der Waals surface area contributed by atoms with Gasteiger partial charge in [-0.05, 0) is 12.1 Å². The van der Waals surface area contributed by atoms with Gasteiger partial charge in [-0.3, -0.25) is 9.59 Å². The molecule has 2 rings (SSSR count). The van der Waals surface area contributed by atoms with Crippen molar-refractivity contribution < 1.29 is 14.7 Å². The molecule has 5 nitrogen and oxygen atoms in total. The zero-order chi connectivity index (χ0) is 15.8. The van der Waals surface area contributed by atoms with Crippen molar-refractivity contribution in [2.24, 2.45) is 0 Å². The molecule has 1 aromatic carbocycles. The number of thiazole rings is 1. The van der Waals surface area contributed by atoms with Crippen LogP contribution in [-0.4, -0.2) is 33.5 Å². The highest BCUT2D eigenvalue weighted by Gasteiger charge is 2.07. The molecule has 0 unspecified atom stereocenters. The fourth-order valence-electron chi connectivity index (χ4n) is 1.74. The number of carboxylic acid groups (broad SMARTS) is 1. The Bertz CT molecular complexity index is 629. The summed E-state index contributed by atoms with van der Waals surface area (Å²) in [5.74, 6) is 0.274. The van der Waals surface area contributed by atoms with Crippen LogP contribution in [0.15, 0.2) is 35.7 Å². The van der Waals surface area contributed by atoms with Crippen LogP contribution in [0.3, 0.4) is 0 Å². The summed E-state index contributed by atoms with van der Waals surface area (Å²) in [5, 5.41) is 14.2. The molecule has 0 atom stereocenters. The molecule has 116 valence electrons. The summed E-state index contributed by atoms with van der Waals surface area (Å²) >= 11 is 3.00. The summed E-state index contributed by atoms with van der Waals surface area (Å²) in [7, 11) is 0. The second-order valence-corrected chi connectivity index (χ2v) is 6.57. The average Bonchev–Trinajstić information content (AvgIpc) is 2.91. The van der Waals surface area contributed by atoms with Gasteiger partial charge in [0.2, 0.25) is 5.91 Å². The monoisotopic (exact) mass is 336 g/mol. The number of thioether (sulfide) groups is 1. The molecule has 0 spiro atoms. The van der Waals surface area contributed by atoms with Crippen molar-refractivity contribution in [3.8, 4) is 0 Å². The van der Waals surface area contributed by atoms with Crippen LogP contribution in [-0.2, 0) is 22.4 Å². The third-order valence-electron chi connectivity index (χ3n) is 2.68. The van der Waals surface area contributed by atoms with Gasteiger partial charge in [0, 0.05) is 23.2 Å². The first kappa shape index (κ1) is 16.5. The van der Waals surface area contributed by atoms with Gasteiger partial charge in [0.1, 0.15) is 0 Å². The number of hydrogen-bond donors (Lipinski definition) is 2. The molecule has 1 heterocycles. The predicted octanol–water partition coefficient (Wildman–Crippen LogP) is 2.68. The third kappa shape index (κ3) is 5.87. The molecule has 0 bridgehead atoms. The van der Waals surface area contributed by atoms with Crippen LogP contribution in [0.5, 0.6) is 0 Å². The topological polar surface area (TPSA) is 79.3 Å². The molecule has 0 radical (unpaired) electrons. The number of nitrogens with zero attached hydrogens (tertiary/aromatic N) is 1. The number of aryl methyl sites for hydroxylation is 1. The molecule has 2 aromatic rings. The zero-order valence-corrected chi connectivity index (χ0v) is 13.5. The van der Waals surface area contributed by atoms with E-state index in [9.17, 15) is 9.59 Å². The first-order chi connectivity index (χ1) is 10.6. The van der Waals surface area contributed by atoms with Crippen LogP contribution < -0.4 is 5.32 Å². The van der Waals surface area contributed by atoms with Gasteiger partial charge in [0.15, 0.2) is 0 Å². The lowest BCUT2D eigenvalue weighted by atomic mass is 10.3. The van der Waals surface area contributed by atoms with E-state index < -0.39 is 5.97 Å². The zero-order valence-electron chi connectivity index (χ0n) is 11.8. The lowest BCUT2D eigenvalue weighted by molar-refractivity contribution is -0.136. The molecule has 0 saturated carbocycles. The van der Waals surface area contributed by atoms with Gasteiger partial charge in [-0.2, -0.15) is 11.8 Å². The highest BCUT2D eigenvalue weighted by atomic mass is 32.2. The van der Waals surface area contributed by atoms with Crippen molar-refractivity contribution in [1.82, 2.24) is 4.98 Å². The molecule has 7 heteroatoms. The standard InChI is InChI=1S/C15H16N2O3S2/c18-13(16-11-4-2-1-3-5-11)10-21-7-6-14-17-12(9-22-14)8-15(19)20/h1-5,9H,6-8,10H2,(H,16,18)(H,19,20). The molecule has 22 heavy (non-hydrogen) atoms. The summed E-state index contributed by atoms with van der Waals surface area (Å²) in [6.07, 6.45) is 0.705. The van der Waals surface area contributed by atoms with Gasteiger partial charge in [0.25, 0.3) is 0 Å². The van der Waals surface area contributed by atoms with E-state index in [0.29, 0.717) is 11.4 Å². The molecule has 0 aliphatic rings. The Balaban J connectivity index is 1.65. The van der Waals surface area contributed by atoms with Crippen LogP contribution in [0.4, 0.5) is 5.69 Å². The molecular weight excluding hydrogens is 320 g/mol. The van der Waals surface area contributed by atoms with Crippen molar-refractivity contribution in [1.29, 1.82) is 0 Å². The minimum atomic E-state index is -0.871. The molecular formula is C15H16N2O3S2. The third-order valence-corrected chi connectivity index (χ3v) is 4.60. The number of aromatic nitrogens is 1. The van der Waals surface area contributed by atoms with Gasteiger partial charge in [-0.1, -0.05) is 18.2 Å². The lowest BCUT2D eigenvalue weighted by Gasteiger charge is -2.04. The summed E-state index contributed by atoms with van der Waals surface area (Å²) in [6.45, 7) is 0. The van der Waals surface area contributed by atoms with E-state index in [0.717, 1.165) is 22.9 Å². The first-order valence-corrected chi connectivity index (χ1v) is 8.74. The summed E-state index contributed by atoms with van der Waals surface area (Å²) in [6, 6.07) is 9.35. The number of aliphatic carboxylic acids is 1. The largest absolute Gasteiger partial charge is 0.481 e. The highest BCUT2D eigenvalue weighted by Crippen LogP contribution is 2.14. The van der Waals surface area contributed by atoms with Gasteiger partial charge < -0.3 is 10.4 Å². The number of rotatable bonds is 8. The molecule has 0 fully saturated rings. The quantitative estimate of drug-likeness (QED) is 0.725. The number of carbonyl (C=O) groups excluding carboxylic acids is 1. The Hall–Kier alpha value is -1.86. The average molecular weight is 336 g/mol. The van der Waals surface area contributed by atoms with Crippen molar-refractivity contribution in [3.63, 3.8) is 0 Å².